The van der Waals surface area contributed by atoms with E-state index in [0.29, 0.717) is 19.4 Å². The predicted octanol–water partition coefficient (Wildman–Crippen LogP) is -0.800. The number of nitrogens with one attached hydrogen (secondary N) is 1. The van der Waals surface area contributed by atoms with Crippen LogP contribution in [0.3, 0.4) is 0 Å². The maximum Gasteiger partial charge on any atom is 0.222 e. The molecule has 1 heterocycles. The van der Waals surface area contributed by atoms with E-state index >= 15 is 0 Å². The molecule has 0 unspecified atom stereocenters. The van der Waals surface area contributed by atoms with Crippen molar-refractivity contribution in [1.82, 2.24) is 13.9 Å². The van der Waals surface area contributed by atoms with Gasteiger partial charge in [-0.2, -0.15) is 0 Å². The molecule has 0 bridgehead atoms. The van der Waals surface area contributed by atoms with Gasteiger partial charge in [0.1, 0.15) is 0 Å². The van der Waals surface area contributed by atoms with E-state index in [1.807, 2.05) is 0 Å². The number of amides is 1. The van der Waals surface area contributed by atoms with E-state index in [0.717, 1.165) is 17.3 Å². The van der Waals surface area contributed by atoms with Crippen molar-refractivity contribution in [3.8, 4) is 0 Å². The molecule has 8 nitrogen and oxygen atoms in total. The van der Waals surface area contributed by atoms with Crippen molar-refractivity contribution < 1.29 is 21.6 Å². The Hall–Kier alpha value is -0.710. The summed E-state index contributed by atoms with van der Waals surface area (Å²) < 4.78 is 50.1. The third-order valence-corrected chi connectivity index (χ3v) is 6.86. The second-order valence-electron chi connectivity index (χ2n) is 5.50. The van der Waals surface area contributed by atoms with E-state index in [1.54, 1.807) is 4.90 Å². The summed E-state index contributed by atoms with van der Waals surface area (Å²) in [6.45, 7) is 1.55. The molecular formula is C12H25N3O5S2. The summed E-state index contributed by atoms with van der Waals surface area (Å²) in [5.41, 5.74) is 0. The lowest BCUT2D eigenvalue weighted by Gasteiger charge is -2.15. The first-order valence-corrected chi connectivity index (χ1v) is 10.6. The number of sulfonamides is 2. The third-order valence-electron chi connectivity index (χ3n) is 3.47. The maximum atomic E-state index is 11.7. The molecule has 0 aromatic heterocycles. The van der Waals surface area contributed by atoms with E-state index in [4.69, 9.17) is 0 Å². The molecule has 130 valence electrons. The monoisotopic (exact) mass is 355 g/mol. The third kappa shape index (κ3) is 6.59. The fraction of sp³-hybridized carbons (Fsp3) is 0.917. The van der Waals surface area contributed by atoms with Crippen LogP contribution in [0.1, 0.15) is 25.7 Å². The van der Waals surface area contributed by atoms with Gasteiger partial charge < -0.3 is 4.90 Å². The zero-order valence-corrected chi connectivity index (χ0v) is 14.7. The van der Waals surface area contributed by atoms with Gasteiger partial charge in [0.15, 0.2) is 0 Å². The maximum absolute atomic E-state index is 11.7. The van der Waals surface area contributed by atoms with Crippen LogP contribution in [0.15, 0.2) is 0 Å². The minimum Gasteiger partial charge on any atom is -0.343 e. The second kappa shape index (κ2) is 8.23. The average Bonchev–Trinajstić information content (AvgIpc) is 2.79. The summed E-state index contributed by atoms with van der Waals surface area (Å²) in [4.78, 5) is 13.1. The number of hydrogen-bond acceptors (Lipinski definition) is 5. The van der Waals surface area contributed by atoms with E-state index in [2.05, 4.69) is 4.72 Å². The summed E-state index contributed by atoms with van der Waals surface area (Å²) in [7, 11) is -4.00. The van der Waals surface area contributed by atoms with Crippen LogP contribution in [0.4, 0.5) is 0 Å². The number of carbonyl (C=O) groups is 1. The average molecular weight is 355 g/mol. The van der Waals surface area contributed by atoms with Gasteiger partial charge in [-0.15, -0.1) is 0 Å². The number of likely N-dealkylation sites (tertiary alicyclic amines) is 1. The second-order valence-corrected chi connectivity index (χ2v) is 9.73. The largest absolute Gasteiger partial charge is 0.343 e. The van der Waals surface area contributed by atoms with Crippen LogP contribution in [-0.4, -0.2) is 77.2 Å². The molecule has 1 fully saturated rings. The van der Waals surface area contributed by atoms with Crippen molar-refractivity contribution in [3.05, 3.63) is 0 Å². The highest BCUT2D eigenvalue weighted by Gasteiger charge is 2.20. The van der Waals surface area contributed by atoms with Gasteiger partial charge in [0, 0.05) is 40.2 Å². The fourth-order valence-corrected chi connectivity index (χ4v) is 4.31. The first-order valence-electron chi connectivity index (χ1n) is 7.29. The molecule has 1 amide bonds. The molecule has 0 aromatic carbocycles. The Bertz CT molecular complexity index is 572. The fourth-order valence-electron chi connectivity index (χ4n) is 2.12. The zero-order chi connectivity index (χ0) is 16.8. The molecule has 1 rings (SSSR count). The van der Waals surface area contributed by atoms with Crippen molar-refractivity contribution >= 4 is 26.0 Å². The Labute approximate surface area is 133 Å². The van der Waals surface area contributed by atoms with E-state index < -0.39 is 20.0 Å². The molecule has 0 atom stereocenters. The highest BCUT2D eigenvalue weighted by atomic mass is 32.2. The Morgan fingerprint density at radius 3 is 2.36 bits per heavy atom. The van der Waals surface area contributed by atoms with Crippen LogP contribution in [0.5, 0.6) is 0 Å². The first kappa shape index (κ1) is 19.3. The highest BCUT2D eigenvalue weighted by molar-refractivity contribution is 7.90. The summed E-state index contributed by atoms with van der Waals surface area (Å²) in [6, 6.07) is 0. The molecule has 22 heavy (non-hydrogen) atoms. The topological polar surface area (TPSA) is 104 Å². The Morgan fingerprint density at radius 1 is 1.14 bits per heavy atom. The lowest BCUT2D eigenvalue weighted by atomic mass is 10.4. The van der Waals surface area contributed by atoms with Crippen LogP contribution in [0.25, 0.3) is 0 Å². The van der Waals surface area contributed by atoms with Crippen LogP contribution < -0.4 is 4.72 Å². The molecule has 0 radical (unpaired) electrons. The number of carbonyl (C=O) groups excluding carboxylic acids is 1. The number of nitrogens with zero attached hydrogens (tertiary/aromatic N) is 2. The Morgan fingerprint density at radius 2 is 1.82 bits per heavy atom. The molecule has 1 saturated heterocycles. The van der Waals surface area contributed by atoms with Gasteiger partial charge in [-0.1, -0.05) is 0 Å². The highest BCUT2D eigenvalue weighted by Crippen LogP contribution is 2.09. The molecule has 10 heteroatoms. The van der Waals surface area contributed by atoms with Crippen molar-refractivity contribution in [1.29, 1.82) is 0 Å². The molecule has 1 aliphatic heterocycles. The lowest BCUT2D eigenvalue weighted by molar-refractivity contribution is -0.127. The molecule has 0 spiro atoms. The Balaban J connectivity index is 2.22. The predicted molar refractivity (Wildman–Crippen MR) is 84.3 cm³/mol. The van der Waals surface area contributed by atoms with Crippen LogP contribution >= 0.6 is 0 Å². The van der Waals surface area contributed by atoms with Crippen LogP contribution in [-0.2, 0) is 24.8 Å². The molecule has 0 aromatic rings. The quantitative estimate of drug-likeness (QED) is 0.517. The smallest absolute Gasteiger partial charge is 0.222 e. The minimum atomic E-state index is -3.48. The summed E-state index contributed by atoms with van der Waals surface area (Å²) in [5, 5.41) is 0. The molecule has 1 N–H and O–H groups in total. The zero-order valence-electron chi connectivity index (χ0n) is 13.1. The SMILES string of the molecule is CN(C)S(=O)(=O)CCCS(=O)(=O)NCCCN1CCCC1=O. The van der Waals surface area contributed by atoms with E-state index in [9.17, 15) is 21.6 Å². The minimum absolute atomic E-state index is 0.0560. The van der Waals surface area contributed by atoms with Gasteiger partial charge in [0.25, 0.3) is 0 Å². The summed E-state index contributed by atoms with van der Waals surface area (Å²) in [5.74, 6) is -0.289. The number of rotatable bonds is 10. The van der Waals surface area contributed by atoms with Gasteiger partial charge in [-0.3, -0.25) is 4.79 Å². The van der Waals surface area contributed by atoms with Crippen molar-refractivity contribution in [2.75, 3.05) is 45.2 Å². The van der Waals surface area contributed by atoms with E-state index in [-0.39, 0.29) is 30.4 Å². The van der Waals surface area contributed by atoms with E-state index in [1.165, 1.54) is 14.1 Å². The van der Waals surface area contributed by atoms with Crippen molar-refractivity contribution in [2.45, 2.75) is 25.7 Å². The normalized spacial score (nSPS) is 16.7. The van der Waals surface area contributed by atoms with Gasteiger partial charge in [0.05, 0.1) is 11.5 Å². The van der Waals surface area contributed by atoms with Crippen LogP contribution in [0.2, 0.25) is 0 Å². The van der Waals surface area contributed by atoms with Gasteiger partial charge in [-0.05, 0) is 19.3 Å². The van der Waals surface area contributed by atoms with Gasteiger partial charge in [0.2, 0.25) is 26.0 Å². The standard InChI is InChI=1S/C12H25N3O5S2/c1-14(2)22(19,20)11-5-10-21(17,18)13-7-4-9-15-8-3-6-12(15)16/h13H,3-11H2,1-2H3. The molecular weight excluding hydrogens is 330 g/mol. The van der Waals surface area contributed by atoms with Gasteiger partial charge >= 0.3 is 0 Å². The Kier molecular flexibility index (Phi) is 7.23. The van der Waals surface area contributed by atoms with Gasteiger partial charge in [-0.25, -0.2) is 25.9 Å². The van der Waals surface area contributed by atoms with Crippen molar-refractivity contribution in [3.63, 3.8) is 0 Å². The summed E-state index contributed by atoms with van der Waals surface area (Å²) in [6.07, 6.45) is 2.05. The van der Waals surface area contributed by atoms with Crippen LogP contribution in [0, 0.1) is 0 Å². The lowest BCUT2D eigenvalue weighted by Crippen LogP contribution is -2.32. The molecule has 0 saturated carbocycles. The molecule has 1 aliphatic rings. The summed E-state index contributed by atoms with van der Waals surface area (Å²) >= 11 is 0. The number of hydrogen-bond donors (Lipinski definition) is 1. The molecule has 0 aliphatic carbocycles. The van der Waals surface area contributed by atoms with Crippen molar-refractivity contribution in [2.24, 2.45) is 0 Å². The first-order chi connectivity index (χ1) is 10.1.